The smallest absolute Gasteiger partial charge is 0.243 e. The Morgan fingerprint density at radius 3 is 2.58 bits per heavy atom. The van der Waals surface area contributed by atoms with Gasteiger partial charge in [-0.1, -0.05) is 20.3 Å². The fraction of sp³-hybridized carbons (Fsp3) is 0.696. The molecule has 0 unspecified atom stereocenters. The van der Waals surface area contributed by atoms with E-state index in [0.29, 0.717) is 56.2 Å². The van der Waals surface area contributed by atoms with Crippen molar-refractivity contribution in [3.63, 3.8) is 0 Å². The first-order chi connectivity index (χ1) is 14.8. The first-order valence-electron chi connectivity index (χ1n) is 11.6. The molecule has 2 N–H and O–H groups in total. The number of hydrogen-bond donors (Lipinski definition) is 2. The van der Waals surface area contributed by atoms with E-state index in [1.165, 1.54) is 23.6 Å². The maximum Gasteiger partial charge on any atom is 0.243 e. The first-order valence-corrected chi connectivity index (χ1v) is 13.0. The van der Waals surface area contributed by atoms with Crippen LogP contribution in [0.15, 0.2) is 23.1 Å². The second-order valence-electron chi connectivity index (χ2n) is 9.69. The predicted molar refractivity (Wildman–Crippen MR) is 122 cm³/mol. The van der Waals surface area contributed by atoms with Gasteiger partial charge in [0.05, 0.1) is 29.5 Å². The summed E-state index contributed by atoms with van der Waals surface area (Å²) in [6, 6.07) is 4.99. The average molecular weight is 450 g/mol. The Bertz CT molecular complexity index is 896. The van der Waals surface area contributed by atoms with Crippen LogP contribution >= 0.6 is 0 Å². The minimum absolute atomic E-state index is 0.0222. The third-order valence-electron chi connectivity index (χ3n) is 6.91. The zero-order chi connectivity index (χ0) is 22.0. The summed E-state index contributed by atoms with van der Waals surface area (Å²) >= 11 is 0. The Hall–Kier alpha value is -1.64. The van der Waals surface area contributed by atoms with Crippen molar-refractivity contribution < 1.29 is 17.9 Å². The van der Waals surface area contributed by atoms with Crippen LogP contribution in [-0.4, -0.2) is 51.5 Å². The number of carbonyl (C=O) groups excluding carboxylic acids is 1. The Morgan fingerprint density at radius 2 is 1.94 bits per heavy atom. The predicted octanol–water partition coefficient (Wildman–Crippen LogP) is 3.54. The molecule has 0 spiro atoms. The number of nitrogens with one attached hydrogen (secondary N) is 2. The highest BCUT2D eigenvalue weighted by atomic mass is 32.2. The van der Waals surface area contributed by atoms with Gasteiger partial charge in [0.25, 0.3) is 0 Å². The van der Waals surface area contributed by atoms with E-state index < -0.39 is 10.0 Å². The highest BCUT2D eigenvalue weighted by Gasteiger charge is 2.40. The Morgan fingerprint density at radius 1 is 1.16 bits per heavy atom. The molecule has 1 amide bonds. The minimum Gasteiger partial charge on any atom is -0.383 e. The summed E-state index contributed by atoms with van der Waals surface area (Å²) in [5.41, 5.74) is 1.30. The van der Waals surface area contributed by atoms with Crippen LogP contribution in [0.5, 0.6) is 0 Å². The van der Waals surface area contributed by atoms with E-state index in [1.807, 2.05) is 0 Å². The van der Waals surface area contributed by atoms with Gasteiger partial charge >= 0.3 is 0 Å². The van der Waals surface area contributed by atoms with E-state index in [9.17, 15) is 13.2 Å². The van der Waals surface area contributed by atoms with Crippen molar-refractivity contribution in [2.24, 2.45) is 23.7 Å². The highest BCUT2D eigenvalue weighted by Crippen LogP contribution is 2.49. The number of sulfonamides is 1. The van der Waals surface area contributed by atoms with Gasteiger partial charge in [-0.25, -0.2) is 8.42 Å². The summed E-state index contributed by atoms with van der Waals surface area (Å²) in [6.45, 7) is 6.46. The van der Waals surface area contributed by atoms with E-state index in [2.05, 4.69) is 24.5 Å². The minimum atomic E-state index is -3.62. The Labute approximate surface area is 186 Å². The van der Waals surface area contributed by atoms with Crippen molar-refractivity contribution in [2.75, 3.05) is 43.5 Å². The van der Waals surface area contributed by atoms with Crippen LogP contribution in [0.1, 0.15) is 46.0 Å². The van der Waals surface area contributed by atoms with Gasteiger partial charge in [-0.2, -0.15) is 4.31 Å². The number of fused-ring (bicyclic) bond motifs is 2. The molecule has 0 radical (unpaired) electrons. The Kier molecular flexibility index (Phi) is 6.89. The molecule has 3 atom stereocenters. The molecule has 2 aliphatic carbocycles. The van der Waals surface area contributed by atoms with Crippen LogP contribution in [0, 0.1) is 23.7 Å². The summed E-state index contributed by atoms with van der Waals surface area (Å²) in [7, 11) is -3.62. The summed E-state index contributed by atoms with van der Waals surface area (Å²) in [5, 5.41) is 6.38. The average Bonchev–Trinajstić information content (AvgIpc) is 3.36. The second-order valence-corrected chi connectivity index (χ2v) is 11.6. The molecule has 1 heterocycles. The van der Waals surface area contributed by atoms with E-state index in [0.717, 1.165) is 24.6 Å². The van der Waals surface area contributed by atoms with Crippen LogP contribution in [0.4, 0.5) is 11.4 Å². The van der Waals surface area contributed by atoms with Crippen LogP contribution in [0.25, 0.3) is 0 Å². The van der Waals surface area contributed by atoms with Crippen LogP contribution in [0.3, 0.4) is 0 Å². The van der Waals surface area contributed by atoms with Crippen LogP contribution in [-0.2, 0) is 19.6 Å². The molecular weight excluding hydrogens is 414 g/mol. The lowest BCUT2D eigenvalue weighted by Gasteiger charge is -2.26. The number of morpholine rings is 1. The monoisotopic (exact) mass is 449 g/mol. The van der Waals surface area contributed by atoms with Gasteiger partial charge in [0, 0.05) is 26.1 Å². The van der Waals surface area contributed by atoms with E-state index in [4.69, 9.17) is 4.74 Å². The topological polar surface area (TPSA) is 87.7 Å². The SMILES string of the molecule is CC(C)CNc1ccc(S(=O)(=O)N2CCOCC2)cc1NC(=O)C[C@@H]1C[C@H]2CC[C@H]1C2. The number of hydrogen-bond acceptors (Lipinski definition) is 5. The van der Waals surface area contributed by atoms with Crippen LogP contribution in [0.2, 0.25) is 0 Å². The molecule has 3 aliphatic rings. The molecule has 7 nitrogen and oxygen atoms in total. The lowest BCUT2D eigenvalue weighted by Crippen LogP contribution is -2.40. The lowest BCUT2D eigenvalue weighted by molar-refractivity contribution is -0.117. The third-order valence-corrected chi connectivity index (χ3v) is 8.80. The molecule has 31 heavy (non-hydrogen) atoms. The molecule has 2 bridgehead atoms. The highest BCUT2D eigenvalue weighted by molar-refractivity contribution is 7.89. The molecule has 1 aromatic rings. The van der Waals surface area contributed by atoms with Crippen molar-refractivity contribution in [1.29, 1.82) is 0 Å². The summed E-state index contributed by atoms with van der Waals surface area (Å²) < 4.78 is 33.0. The molecule has 1 saturated heterocycles. The third kappa shape index (κ3) is 5.23. The van der Waals surface area contributed by atoms with E-state index >= 15 is 0 Å². The van der Waals surface area contributed by atoms with Crippen molar-refractivity contribution >= 4 is 27.3 Å². The number of benzene rings is 1. The molecule has 0 aromatic heterocycles. The molecular formula is C23H35N3O4S. The number of anilines is 2. The van der Waals surface area contributed by atoms with Crippen molar-refractivity contribution in [3.05, 3.63) is 18.2 Å². The quantitative estimate of drug-likeness (QED) is 0.634. The van der Waals surface area contributed by atoms with Gasteiger partial charge in [-0.05, 0) is 61.1 Å². The summed E-state index contributed by atoms with van der Waals surface area (Å²) in [4.78, 5) is 13.1. The molecule has 1 aromatic carbocycles. The number of carbonyl (C=O) groups is 1. The number of ether oxygens (including phenoxy) is 1. The first kappa shape index (κ1) is 22.6. The zero-order valence-electron chi connectivity index (χ0n) is 18.6. The van der Waals surface area contributed by atoms with Crippen molar-refractivity contribution in [3.8, 4) is 0 Å². The summed E-state index contributed by atoms with van der Waals surface area (Å²) in [5.74, 6) is 2.35. The maximum atomic E-state index is 13.1. The van der Waals surface area contributed by atoms with Gasteiger partial charge < -0.3 is 15.4 Å². The standard InChI is InChI=1S/C23H35N3O4S/c1-16(2)15-24-21-6-5-20(31(28,29)26-7-9-30-10-8-26)14-22(21)25-23(27)13-19-12-17-3-4-18(19)11-17/h5-6,14,16-19,24H,3-4,7-13,15H2,1-2H3,(H,25,27)/t17-,18-,19-/m0/s1. The Balaban J connectivity index is 1.52. The molecule has 2 saturated carbocycles. The number of amides is 1. The van der Waals surface area contributed by atoms with Crippen molar-refractivity contribution in [1.82, 2.24) is 4.31 Å². The largest absolute Gasteiger partial charge is 0.383 e. The molecule has 3 fully saturated rings. The van der Waals surface area contributed by atoms with E-state index in [-0.39, 0.29) is 10.8 Å². The maximum absolute atomic E-state index is 13.1. The van der Waals surface area contributed by atoms with Gasteiger partial charge in [-0.3, -0.25) is 4.79 Å². The fourth-order valence-electron chi connectivity index (χ4n) is 5.26. The van der Waals surface area contributed by atoms with Gasteiger partial charge in [0.1, 0.15) is 0 Å². The molecule has 4 rings (SSSR count). The van der Waals surface area contributed by atoms with Gasteiger partial charge in [-0.15, -0.1) is 0 Å². The number of rotatable bonds is 8. The normalized spacial score (nSPS) is 26.4. The molecule has 8 heteroatoms. The molecule has 172 valence electrons. The second kappa shape index (κ2) is 9.46. The fourth-order valence-corrected chi connectivity index (χ4v) is 6.69. The van der Waals surface area contributed by atoms with Crippen molar-refractivity contribution in [2.45, 2.75) is 50.8 Å². The zero-order valence-corrected chi connectivity index (χ0v) is 19.4. The number of nitrogens with zero attached hydrogens (tertiary/aromatic N) is 1. The van der Waals surface area contributed by atoms with E-state index in [1.54, 1.807) is 18.2 Å². The van der Waals surface area contributed by atoms with Crippen LogP contribution < -0.4 is 10.6 Å². The molecule has 1 aliphatic heterocycles. The lowest BCUT2D eigenvalue weighted by atomic mass is 9.86. The summed E-state index contributed by atoms with van der Waals surface area (Å²) in [6.07, 6.45) is 5.50. The van der Waals surface area contributed by atoms with Gasteiger partial charge in [0.15, 0.2) is 0 Å². The van der Waals surface area contributed by atoms with Gasteiger partial charge in [0.2, 0.25) is 15.9 Å².